The van der Waals surface area contributed by atoms with Gasteiger partial charge in [-0.3, -0.25) is 0 Å². The van der Waals surface area contributed by atoms with Crippen LogP contribution in [-0.4, -0.2) is 23.8 Å². The quantitative estimate of drug-likeness (QED) is 0.244. The predicted molar refractivity (Wildman–Crippen MR) is 91.0 cm³/mol. The highest BCUT2D eigenvalue weighted by Gasteiger charge is 2.10. The summed E-state index contributed by atoms with van der Waals surface area (Å²) in [5.74, 6) is -0.386. The lowest BCUT2D eigenvalue weighted by Crippen LogP contribution is -2.26. The van der Waals surface area contributed by atoms with E-state index >= 15 is 0 Å². The van der Waals surface area contributed by atoms with Gasteiger partial charge in [0.05, 0.1) is 11.1 Å². The predicted octanol–water partition coefficient (Wildman–Crippen LogP) is 1.65. The van der Waals surface area contributed by atoms with Gasteiger partial charge in [0, 0.05) is 24.3 Å². The van der Waals surface area contributed by atoms with Gasteiger partial charge in [-0.05, 0) is 21.6 Å². The lowest BCUT2D eigenvalue weighted by Gasteiger charge is -2.05. The largest absolute Gasteiger partial charge is 0.450 e. The molecule has 0 atom stereocenters. The molecule has 24 heavy (non-hydrogen) atoms. The topological polar surface area (TPSA) is 60.4 Å². The molecular weight excluding hydrogens is 348 g/mol. The zero-order valence-corrected chi connectivity index (χ0v) is 15.0. The van der Waals surface area contributed by atoms with E-state index in [0.717, 1.165) is 0 Å². The Hall–Kier alpha value is -2.06. The van der Waals surface area contributed by atoms with E-state index in [4.69, 9.17) is 9.47 Å². The summed E-state index contributed by atoms with van der Waals surface area (Å²) in [5, 5.41) is 0. The fraction of sp³-hybridized carbons (Fsp3) is 0.250. The maximum absolute atomic E-state index is 11.8. The van der Waals surface area contributed by atoms with Gasteiger partial charge in [0.15, 0.2) is 24.8 Å². The normalized spacial score (nSPS) is 10.2. The molecule has 0 radical (unpaired) electrons. The van der Waals surface area contributed by atoms with Crippen LogP contribution in [-0.2, 0) is 23.6 Å². The van der Waals surface area contributed by atoms with Crippen molar-refractivity contribution >= 4 is 33.5 Å². The second-order valence-electron chi connectivity index (χ2n) is 4.84. The molecule has 0 N–H and O–H groups in total. The first-order valence-corrected chi connectivity index (χ1v) is 9.54. The van der Waals surface area contributed by atoms with Crippen molar-refractivity contribution in [3.63, 3.8) is 0 Å². The first-order chi connectivity index (χ1) is 11.6. The van der Waals surface area contributed by atoms with Crippen molar-refractivity contribution in [3.8, 4) is 0 Å². The highest BCUT2D eigenvalue weighted by Crippen LogP contribution is 2.22. The van der Waals surface area contributed by atoms with Crippen LogP contribution in [0.15, 0.2) is 49.1 Å². The van der Waals surface area contributed by atoms with E-state index in [0.29, 0.717) is 11.1 Å². The summed E-state index contributed by atoms with van der Waals surface area (Å²) in [6.45, 7) is 0. The average molecular weight is 366 g/mol. The number of hydrogen-bond acceptors (Lipinski definition) is 6. The van der Waals surface area contributed by atoms with Gasteiger partial charge in [-0.15, -0.1) is 0 Å². The monoisotopic (exact) mass is 366 g/mol. The number of hydrogen-bond donors (Lipinski definition) is 0. The summed E-state index contributed by atoms with van der Waals surface area (Å²) in [6.07, 6.45) is 7.12. The van der Waals surface area contributed by atoms with E-state index in [2.05, 4.69) is 0 Å². The first-order valence-electron chi connectivity index (χ1n) is 7.05. The van der Waals surface area contributed by atoms with Gasteiger partial charge in [0.25, 0.3) is 0 Å². The number of esters is 2. The van der Waals surface area contributed by atoms with Crippen LogP contribution in [0.3, 0.4) is 0 Å². The third-order valence-electron chi connectivity index (χ3n) is 2.99. The summed E-state index contributed by atoms with van der Waals surface area (Å²) in [4.78, 5) is 23.5. The number of aromatic nitrogens is 2. The molecule has 126 valence electrons. The molecule has 6 nitrogen and oxygen atoms in total. The van der Waals surface area contributed by atoms with Crippen molar-refractivity contribution in [2.75, 3.05) is 11.9 Å². The third-order valence-corrected chi connectivity index (χ3v) is 4.66. The number of pyridine rings is 2. The number of ether oxygens (including phenoxy) is 2. The zero-order chi connectivity index (χ0) is 17.4. The Kier molecular flexibility index (Phi) is 7.07. The van der Waals surface area contributed by atoms with Crippen molar-refractivity contribution < 1.29 is 28.2 Å². The molecule has 2 heterocycles. The van der Waals surface area contributed by atoms with Crippen LogP contribution in [0.5, 0.6) is 0 Å². The van der Waals surface area contributed by atoms with Gasteiger partial charge in [-0.25, -0.2) is 18.7 Å². The lowest BCUT2D eigenvalue weighted by atomic mass is 10.3. The Morgan fingerprint density at radius 1 is 0.792 bits per heavy atom. The van der Waals surface area contributed by atoms with E-state index in [1.807, 2.05) is 23.2 Å². The van der Waals surface area contributed by atoms with Crippen LogP contribution in [0.2, 0.25) is 0 Å². The van der Waals surface area contributed by atoms with Crippen molar-refractivity contribution in [2.45, 2.75) is 0 Å². The fourth-order valence-corrected chi connectivity index (χ4v) is 2.81. The molecule has 0 amide bonds. The maximum atomic E-state index is 11.8. The molecule has 2 aromatic rings. The van der Waals surface area contributed by atoms with Crippen LogP contribution in [0.4, 0.5) is 0 Å². The molecule has 0 saturated heterocycles. The minimum Gasteiger partial charge on any atom is -0.450 e. The number of rotatable bonds is 7. The molecule has 0 aromatic carbocycles. The molecule has 0 unspecified atom stereocenters. The summed E-state index contributed by atoms with van der Waals surface area (Å²) in [7, 11) is 6.36. The van der Waals surface area contributed by atoms with E-state index in [9.17, 15) is 9.59 Å². The molecule has 0 fully saturated rings. The van der Waals surface area contributed by atoms with Crippen molar-refractivity contribution in [2.24, 2.45) is 14.1 Å². The molecular formula is C16H18N2O4S2+2. The highest BCUT2D eigenvalue weighted by atomic mass is 33.1. The maximum Gasteiger partial charge on any atom is 0.339 e. The van der Waals surface area contributed by atoms with Crippen molar-refractivity contribution in [3.05, 3.63) is 60.2 Å². The second kappa shape index (κ2) is 9.29. The van der Waals surface area contributed by atoms with E-state index in [-0.39, 0.29) is 23.8 Å². The Morgan fingerprint density at radius 2 is 1.12 bits per heavy atom. The molecule has 0 aliphatic carbocycles. The van der Waals surface area contributed by atoms with Gasteiger partial charge in [-0.2, -0.15) is 0 Å². The minimum atomic E-state index is -0.377. The molecule has 2 rings (SSSR count). The summed E-state index contributed by atoms with van der Waals surface area (Å²) in [5.41, 5.74) is 1.00. The van der Waals surface area contributed by atoms with Gasteiger partial charge in [0.1, 0.15) is 26.0 Å². The Bertz CT molecular complexity index is 629. The second-order valence-corrected chi connectivity index (χ2v) is 7.20. The van der Waals surface area contributed by atoms with Crippen molar-refractivity contribution in [1.29, 1.82) is 0 Å². The number of carbonyl (C=O) groups excluding carboxylic acids is 2. The van der Waals surface area contributed by atoms with E-state index < -0.39 is 0 Å². The molecule has 0 aliphatic rings. The standard InChI is InChI=1S/C16H18N2O4S2/c1-17-7-3-13(4-8-17)15(19)21-11-23-24-12-22-16(20)14-5-9-18(2)10-6-14/h3-10H,11-12H2,1-2H3/q+2. The third kappa shape index (κ3) is 5.86. The average Bonchev–Trinajstić information content (AvgIpc) is 2.58. The number of carbonyl (C=O) groups is 2. The van der Waals surface area contributed by atoms with Gasteiger partial charge in [0.2, 0.25) is 0 Å². The van der Waals surface area contributed by atoms with Crippen LogP contribution in [0, 0.1) is 0 Å². The minimum absolute atomic E-state index is 0.184. The smallest absolute Gasteiger partial charge is 0.339 e. The summed E-state index contributed by atoms with van der Waals surface area (Å²) >= 11 is 0. The Morgan fingerprint density at radius 3 is 1.46 bits per heavy atom. The SMILES string of the molecule is C[n+]1ccc(C(=O)OCSSCOC(=O)c2cc[n+](C)cc2)cc1. The van der Waals surface area contributed by atoms with Crippen molar-refractivity contribution in [1.82, 2.24) is 0 Å². The van der Waals surface area contributed by atoms with Gasteiger partial charge >= 0.3 is 11.9 Å². The molecule has 0 spiro atoms. The fourth-order valence-electron chi connectivity index (χ4n) is 1.66. The van der Waals surface area contributed by atoms with E-state index in [1.165, 1.54) is 21.6 Å². The lowest BCUT2D eigenvalue weighted by molar-refractivity contribution is -0.671. The molecule has 2 aromatic heterocycles. The summed E-state index contributed by atoms with van der Waals surface area (Å²) in [6, 6.07) is 6.78. The molecule has 8 heteroatoms. The summed E-state index contributed by atoms with van der Waals surface area (Å²) < 4.78 is 13.9. The van der Waals surface area contributed by atoms with Crippen LogP contribution >= 0.6 is 21.6 Å². The van der Waals surface area contributed by atoms with Gasteiger partial charge in [-0.1, -0.05) is 0 Å². The molecule has 0 bridgehead atoms. The van der Waals surface area contributed by atoms with Crippen LogP contribution in [0.1, 0.15) is 20.7 Å². The Labute approximate surface area is 148 Å². The highest BCUT2D eigenvalue weighted by molar-refractivity contribution is 8.76. The zero-order valence-electron chi connectivity index (χ0n) is 13.4. The number of nitrogens with zero attached hydrogens (tertiary/aromatic N) is 2. The Balaban J connectivity index is 1.61. The number of aryl methyl sites for hydroxylation is 2. The van der Waals surface area contributed by atoms with E-state index in [1.54, 1.807) is 49.1 Å². The first kappa shape index (κ1) is 18.3. The van der Waals surface area contributed by atoms with Gasteiger partial charge < -0.3 is 9.47 Å². The molecule has 0 aliphatic heterocycles. The van der Waals surface area contributed by atoms with Crippen LogP contribution in [0.25, 0.3) is 0 Å². The molecule has 0 saturated carbocycles. The van der Waals surface area contributed by atoms with Crippen LogP contribution < -0.4 is 9.13 Å².